The molecule has 1 aliphatic heterocycles. The summed E-state index contributed by atoms with van der Waals surface area (Å²) >= 11 is 12.0. The highest BCUT2D eigenvalue weighted by Crippen LogP contribution is 2.29. The lowest BCUT2D eigenvalue weighted by Crippen LogP contribution is -2.28. The molecule has 0 bridgehead atoms. The predicted octanol–water partition coefficient (Wildman–Crippen LogP) is 4.55. The molecule has 7 nitrogen and oxygen atoms in total. The number of pyridine rings is 1. The number of methoxy groups -OCH3 is 1. The van der Waals surface area contributed by atoms with E-state index in [4.69, 9.17) is 27.9 Å². The number of ketones is 1. The molecule has 1 aliphatic rings. The Balaban J connectivity index is 1.56. The van der Waals surface area contributed by atoms with Crippen LogP contribution in [0, 0.1) is 0 Å². The molecule has 2 aromatic carbocycles. The summed E-state index contributed by atoms with van der Waals surface area (Å²) in [5.41, 5.74) is 2.14. The van der Waals surface area contributed by atoms with Crippen LogP contribution in [0.3, 0.4) is 0 Å². The summed E-state index contributed by atoms with van der Waals surface area (Å²) in [5, 5.41) is 6.15. The van der Waals surface area contributed by atoms with E-state index in [9.17, 15) is 14.4 Å². The molecule has 166 valence electrons. The van der Waals surface area contributed by atoms with Crippen molar-refractivity contribution in [1.29, 1.82) is 0 Å². The van der Waals surface area contributed by atoms with Gasteiger partial charge in [-0.25, -0.2) is 4.98 Å². The monoisotopic (exact) mass is 481 g/mol. The van der Waals surface area contributed by atoms with E-state index in [0.29, 0.717) is 27.2 Å². The maximum atomic E-state index is 13.1. The van der Waals surface area contributed by atoms with Gasteiger partial charge in [-0.1, -0.05) is 29.3 Å². The number of carbonyl (C=O) groups excluding carboxylic acids is 3. The van der Waals surface area contributed by atoms with Crippen molar-refractivity contribution >= 4 is 52.6 Å². The number of Topliss-reactive ketones (excluding diaryl/α,β-unsaturated/α-hetero) is 1. The Morgan fingerprint density at radius 3 is 2.67 bits per heavy atom. The minimum absolute atomic E-state index is 0.0673. The van der Waals surface area contributed by atoms with Crippen molar-refractivity contribution in [2.45, 2.75) is 6.54 Å². The van der Waals surface area contributed by atoms with E-state index < -0.39 is 11.7 Å². The normalized spacial score (nSPS) is 14.0. The van der Waals surface area contributed by atoms with Crippen LogP contribution in [-0.4, -0.2) is 29.7 Å². The molecule has 2 amide bonds. The van der Waals surface area contributed by atoms with Crippen LogP contribution in [0.4, 0.5) is 5.69 Å². The van der Waals surface area contributed by atoms with Gasteiger partial charge in [0.15, 0.2) is 0 Å². The van der Waals surface area contributed by atoms with Crippen LogP contribution >= 0.6 is 23.2 Å². The topological polar surface area (TPSA) is 97.4 Å². The van der Waals surface area contributed by atoms with Crippen LogP contribution in [0.15, 0.2) is 60.3 Å². The van der Waals surface area contributed by atoms with Crippen molar-refractivity contribution in [3.05, 3.63) is 92.6 Å². The first kappa shape index (κ1) is 22.5. The lowest BCUT2D eigenvalue weighted by Gasteiger charge is -2.19. The van der Waals surface area contributed by atoms with Gasteiger partial charge in [-0.3, -0.25) is 14.4 Å². The number of ether oxygens (including phenoxy) is 1. The molecular weight excluding hydrogens is 465 g/mol. The Hall–Kier alpha value is -3.68. The van der Waals surface area contributed by atoms with Crippen molar-refractivity contribution in [1.82, 2.24) is 10.3 Å². The SMILES string of the molecule is COc1cc(CNC(=O)c2ccc3c(c2)C(=O)/C(=C/c2ccc(Cl)c(Cl)c2)C(=O)N3)ccn1. The molecule has 2 N–H and O–H groups in total. The summed E-state index contributed by atoms with van der Waals surface area (Å²) in [6.07, 6.45) is 3.02. The van der Waals surface area contributed by atoms with Crippen LogP contribution in [0.25, 0.3) is 6.08 Å². The van der Waals surface area contributed by atoms with E-state index in [1.54, 1.807) is 42.6 Å². The van der Waals surface area contributed by atoms with Gasteiger partial charge in [0.2, 0.25) is 11.7 Å². The lowest BCUT2D eigenvalue weighted by atomic mass is 9.93. The van der Waals surface area contributed by atoms with Crippen LogP contribution in [0.5, 0.6) is 5.88 Å². The van der Waals surface area contributed by atoms with Crippen molar-refractivity contribution < 1.29 is 19.1 Å². The van der Waals surface area contributed by atoms with E-state index in [2.05, 4.69) is 15.6 Å². The van der Waals surface area contributed by atoms with Gasteiger partial charge >= 0.3 is 0 Å². The first-order valence-electron chi connectivity index (χ1n) is 9.79. The van der Waals surface area contributed by atoms with E-state index in [1.165, 1.54) is 25.3 Å². The summed E-state index contributed by atoms with van der Waals surface area (Å²) < 4.78 is 5.08. The molecule has 0 saturated heterocycles. The fraction of sp³-hybridized carbons (Fsp3) is 0.0833. The number of aromatic nitrogens is 1. The average molecular weight is 482 g/mol. The van der Waals surface area contributed by atoms with Gasteiger partial charge in [0, 0.05) is 29.9 Å². The second kappa shape index (κ2) is 9.44. The highest BCUT2D eigenvalue weighted by molar-refractivity contribution is 6.42. The number of hydrogen-bond acceptors (Lipinski definition) is 5. The number of fused-ring (bicyclic) bond motifs is 1. The molecule has 0 fully saturated rings. The maximum Gasteiger partial charge on any atom is 0.259 e. The molecule has 9 heteroatoms. The molecule has 0 spiro atoms. The Labute approximate surface area is 199 Å². The third-order valence-corrected chi connectivity index (χ3v) is 5.72. The number of rotatable bonds is 5. The second-order valence-electron chi connectivity index (χ2n) is 7.16. The Kier molecular flexibility index (Phi) is 6.44. The van der Waals surface area contributed by atoms with Gasteiger partial charge in [-0.15, -0.1) is 0 Å². The zero-order chi connectivity index (χ0) is 23.5. The van der Waals surface area contributed by atoms with Gasteiger partial charge in [0.1, 0.15) is 0 Å². The number of nitrogens with one attached hydrogen (secondary N) is 2. The first-order valence-corrected chi connectivity index (χ1v) is 10.6. The van der Waals surface area contributed by atoms with Gasteiger partial charge < -0.3 is 15.4 Å². The number of hydrogen-bond donors (Lipinski definition) is 2. The molecule has 0 saturated carbocycles. The molecule has 3 aromatic rings. The highest BCUT2D eigenvalue weighted by atomic mass is 35.5. The van der Waals surface area contributed by atoms with Crippen LogP contribution in [-0.2, 0) is 11.3 Å². The van der Waals surface area contributed by atoms with Gasteiger partial charge in [-0.2, -0.15) is 0 Å². The molecule has 0 aliphatic carbocycles. The molecular formula is C24H17Cl2N3O4. The Bertz CT molecular complexity index is 1320. The van der Waals surface area contributed by atoms with Crippen molar-refractivity contribution in [2.24, 2.45) is 0 Å². The first-order chi connectivity index (χ1) is 15.9. The van der Waals surface area contributed by atoms with Crippen LogP contribution < -0.4 is 15.4 Å². The van der Waals surface area contributed by atoms with Gasteiger partial charge in [0.25, 0.3) is 11.8 Å². The fourth-order valence-electron chi connectivity index (χ4n) is 3.28. The summed E-state index contributed by atoms with van der Waals surface area (Å²) in [4.78, 5) is 42.3. The smallest absolute Gasteiger partial charge is 0.259 e. The maximum absolute atomic E-state index is 13.1. The number of benzene rings is 2. The number of anilines is 1. The molecule has 33 heavy (non-hydrogen) atoms. The minimum atomic E-state index is -0.539. The fourth-order valence-corrected chi connectivity index (χ4v) is 3.58. The standard InChI is InChI=1S/C24H17Cl2N3O4/c1-33-21-10-14(6-7-27-21)12-28-23(31)15-3-5-20-16(11-15)22(30)17(24(32)29-20)8-13-2-4-18(25)19(26)9-13/h2-11H,12H2,1H3,(H,28,31)(H,29,32)/b17-8-. The molecule has 0 unspecified atom stereocenters. The molecule has 2 heterocycles. The van der Waals surface area contributed by atoms with E-state index in [-0.39, 0.29) is 29.2 Å². The third kappa shape index (κ3) is 4.89. The Morgan fingerprint density at radius 2 is 1.91 bits per heavy atom. The van der Waals surface area contributed by atoms with Crippen molar-refractivity contribution in [3.63, 3.8) is 0 Å². The van der Waals surface area contributed by atoms with E-state index in [1.807, 2.05) is 0 Å². The second-order valence-corrected chi connectivity index (χ2v) is 7.98. The van der Waals surface area contributed by atoms with Gasteiger partial charge in [-0.05, 0) is 53.6 Å². The largest absolute Gasteiger partial charge is 0.481 e. The summed E-state index contributed by atoms with van der Waals surface area (Å²) in [6, 6.07) is 12.8. The molecule has 0 atom stereocenters. The average Bonchev–Trinajstić information content (AvgIpc) is 2.82. The quantitative estimate of drug-likeness (QED) is 0.411. The van der Waals surface area contributed by atoms with Crippen LogP contribution in [0.2, 0.25) is 10.0 Å². The molecule has 0 radical (unpaired) electrons. The number of amides is 2. The summed E-state index contributed by atoms with van der Waals surface area (Å²) in [6.45, 7) is 0.252. The predicted molar refractivity (Wildman–Crippen MR) is 126 cm³/mol. The van der Waals surface area contributed by atoms with Crippen molar-refractivity contribution in [3.8, 4) is 5.88 Å². The Morgan fingerprint density at radius 1 is 1.09 bits per heavy atom. The van der Waals surface area contributed by atoms with Crippen LogP contribution in [0.1, 0.15) is 31.8 Å². The van der Waals surface area contributed by atoms with E-state index >= 15 is 0 Å². The number of halogens is 2. The highest BCUT2D eigenvalue weighted by Gasteiger charge is 2.29. The summed E-state index contributed by atoms with van der Waals surface area (Å²) in [7, 11) is 1.51. The number of carbonyl (C=O) groups is 3. The minimum Gasteiger partial charge on any atom is -0.481 e. The van der Waals surface area contributed by atoms with Gasteiger partial charge in [0.05, 0.1) is 28.4 Å². The third-order valence-electron chi connectivity index (χ3n) is 4.98. The van der Waals surface area contributed by atoms with E-state index in [0.717, 1.165) is 5.56 Å². The molecule has 1 aromatic heterocycles. The summed E-state index contributed by atoms with van der Waals surface area (Å²) in [5.74, 6) is -0.956. The number of nitrogens with zero attached hydrogens (tertiary/aromatic N) is 1. The van der Waals surface area contributed by atoms with Crippen molar-refractivity contribution in [2.75, 3.05) is 12.4 Å². The zero-order valence-electron chi connectivity index (χ0n) is 17.3. The molecule has 4 rings (SSSR count). The zero-order valence-corrected chi connectivity index (χ0v) is 18.8. The lowest BCUT2D eigenvalue weighted by molar-refractivity contribution is -0.112.